The molecular weight excluding hydrogens is 321 g/mol. The molecule has 24 heavy (non-hydrogen) atoms. The molecule has 2 aliphatic heterocycles. The van der Waals surface area contributed by atoms with Gasteiger partial charge in [0.25, 0.3) is 0 Å². The van der Waals surface area contributed by atoms with Crippen LogP contribution in [-0.4, -0.2) is 43.7 Å². The van der Waals surface area contributed by atoms with E-state index in [2.05, 4.69) is 5.32 Å². The SMILES string of the molecule is O=C1NCCN(CC2=CCCOC2)C1c1ccccc1C(F)(F)F. The fourth-order valence-electron chi connectivity index (χ4n) is 3.20. The minimum absolute atomic E-state index is 0.000437. The number of rotatable bonds is 3. The van der Waals surface area contributed by atoms with Crippen LogP contribution in [0.4, 0.5) is 13.2 Å². The molecule has 1 aromatic rings. The Hall–Kier alpha value is -1.86. The van der Waals surface area contributed by atoms with Crippen molar-refractivity contribution < 1.29 is 22.7 Å². The van der Waals surface area contributed by atoms with Gasteiger partial charge in [-0.2, -0.15) is 13.2 Å². The Morgan fingerprint density at radius 3 is 2.79 bits per heavy atom. The lowest BCUT2D eigenvalue weighted by atomic mass is 9.96. The van der Waals surface area contributed by atoms with Gasteiger partial charge in [0.05, 0.1) is 18.8 Å². The van der Waals surface area contributed by atoms with E-state index in [1.807, 2.05) is 6.08 Å². The quantitative estimate of drug-likeness (QED) is 0.860. The van der Waals surface area contributed by atoms with Crippen LogP contribution >= 0.6 is 0 Å². The third-order valence-electron chi connectivity index (χ3n) is 4.26. The molecule has 1 fully saturated rings. The third kappa shape index (κ3) is 3.62. The highest BCUT2D eigenvalue weighted by Gasteiger charge is 2.40. The summed E-state index contributed by atoms with van der Waals surface area (Å²) in [6.45, 7) is 2.48. The van der Waals surface area contributed by atoms with E-state index in [0.29, 0.717) is 32.8 Å². The molecule has 0 spiro atoms. The molecule has 7 heteroatoms. The fraction of sp³-hybridized carbons (Fsp3) is 0.471. The second-order valence-corrected chi connectivity index (χ2v) is 5.95. The number of benzene rings is 1. The van der Waals surface area contributed by atoms with Crippen LogP contribution in [0.25, 0.3) is 0 Å². The van der Waals surface area contributed by atoms with Crippen molar-refractivity contribution in [3.8, 4) is 0 Å². The maximum Gasteiger partial charge on any atom is 0.416 e. The summed E-state index contributed by atoms with van der Waals surface area (Å²) in [6, 6.07) is 4.34. The Balaban J connectivity index is 1.93. The second kappa shape index (κ2) is 6.94. The van der Waals surface area contributed by atoms with Crippen LogP contribution in [-0.2, 0) is 15.7 Å². The predicted octanol–water partition coefficient (Wildman–Crippen LogP) is 2.53. The summed E-state index contributed by atoms with van der Waals surface area (Å²) in [7, 11) is 0. The number of alkyl halides is 3. The molecule has 2 heterocycles. The maximum atomic E-state index is 13.3. The number of ether oxygens (including phenoxy) is 1. The van der Waals surface area contributed by atoms with Crippen molar-refractivity contribution in [1.29, 1.82) is 0 Å². The number of nitrogens with one attached hydrogen (secondary N) is 1. The molecule has 1 saturated heterocycles. The predicted molar refractivity (Wildman–Crippen MR) is 82.3 cm³/mol. The van der Waals surface area contributed by atoms with Crippen molar-refractivity contribution in [3.05, 3.63) is 47.0 Å². The minimum Gasteiger partial charge on any atom is -0.377 e. The molecule has 1 N–H and O–H groups in total. The zero-order valence-corrected chi connectivity index (χ0v) is 13.1. The van der Waals surface area contributed by atoms with Crippen LogP contribution in [0.3, 0.4) is 0 Å². The lowest BCUT2D eigenvalue weighted by Gasteiger charge is -2.37. The Kier molecular flexibility index (Phi) is 4.91. The van der Waals surface area contributed by atoms with Gasteiger partial charge in [-0.1, -0.05) is 24.3 Å². The largest absolute Gasteiger partial charge is 0.416 e. The number of hydrogen-bond acceptors (Lipinski definition) is 3. The monoisotopic (exact) mass is 340 g/mol. The van der Waals surface area contributed by atoms with E-state index in [1.54, 1.807) is 4.90 Å². The van der Waals surface area contributed by atoms with E-state index in [-0.39, 0.29) is 5.56 Å². The first-order valence-corrected chi connectivity index (χ1v) is 7.90. The van der Waals surface area contributed by atoms with E-state index in [4.69, 9.17) is 4.74 Å². The van der Waals surface area contributed by atoms with Gasteiger partial charge in [0.1, 0.15) is 6.04 Å². The molecule has 0 bridgehead atoms. The molecule has 0 radical (unpaired) electrons. The summed E-state index contributed by atoms with van der Waals surface area (Å²) in [5.41, 5.74) is 0.246. The smallest absolute Gasteiger partial charge is 0.377 e. The van der Waals surface area contributed by atoms with E-state index >= 15 is 0 Å². The topological polar surface area (TPSA) is 41.6 Å². The number of carbonyl (C=O) groups is 1. The van der Waals surface area contributed by atoms with Gasteiger partial charge in [-0.25, -0.2) is 0 Å². The number of hydrogen-bond donors (Lipinski definition) is 1. The van der Waals surface area contributed by atoms with Crippen molar-refractivity contribution in [1.82, 2.24) is 10.2 Å². The van der Waals surface area contributed by atoms with Crippen molar-refractivity contribution in [3.63, 3.8) is 0 Å². The molecule has 0 aliphatic carbocycles. The molecule has 4 nitrogen and oxygen atoms in total. The molecular formula is C17H19F3N2O2. The van der Waals surface area contributed by atoms with Gasteiger partial charge >= 0.3 is 6.18 Å². The molecule has 130 valence electrons. The van der Waals surface area contributed by atoms with Crippen LogP contribution < -0.4 is 5.32 Å². The van der Waals surface area contributed by atoms with Crippen molar-refractivity contribution in [2.75, 3.05) is 32.8 Å². The van der Waals surface area contributed by atoms with Gasteiger partial charge in [-0.05, 0) is 23.6 Å². The van der Waals surface area contributed by atoms with Gasteiger partial charge < -0.3 is 10.1 Å². The van der Waals surface area contributed by atoms with E-state index < -0.39 is 23.7 Å². The van der Waals surface area contributed by atoms with Gasteiger partial charge in [-0.3, -0.25) is 9.69 Å². The summed E-state index contributed by atoms with van der Waals surface area (Å²) < 4.78 is 45.4. The van der Waals surface area contributed by atoms with Gasteiger partial charge in [0.15, 0.2) is 0 Å². The van der Waals surface area contributed by atoms with Crippen LogP contribution in [0.1, 0.15) is 23.6 Å². The van der Waals surface area contributed by atoms with Crippen molar-refractivity contribution in [2.45, 2.75) is 18.6 Å². The normalized spacial score (nSPS) is 22.9. The number of nitrogens with zero attached hydrogens (tertiary/aromatic N) is 1. The van der Waals surface area contributed by atoms with Crippen LogP contribution in [0.15, 0.2) is 35.9 Å². The average molecular weight is 340 g/mol. The molecule has 1 unspecified atom stereocenters. The summed E-state index contributed by atoms with van der Waals surface area (Å²) >= 11 is 0. The minimum atomic E-state index is -4.49. The zero-order chi connectivity index (χ0) is 17.2. The Morgan fingerprint density at radius 2 is 2.08 bits per heavy atom. The molecule has 0 saturated carbocycles. The second-order valence-electron chi connectivity index (χ2n) is 5.95. The third-order valence-corrected chi connectivity index (χ3v) is 4.26. The van der Waals surface area contributed by atoms with Gasteiger partial charge in [-0.15, -0.1) is 0 Å². The maximum absolute atomic E-state index is 13.3. The highest BCUT2D eigenvalue weighted by atomic mass is 19.4. The van der Waals surface area contributed by atoms with E-state index in [0.717, 1.165) is 18.1 Å². The lowest BCUT2D eigenvalue weighted by Crippen LogP contribution is -2.51. The van der Waals surface area contributed by atoms with Crippen molar-refractivity contribution >= 4 is 5.91 Å². The molecule has 0 aromatic heterocycles. The molecule has 1 amide bonds. The summed E-state index contributed by atoms with van der Waals surface area (Å²) in [4.78, 5) is 14.2. The molecule has 1 atom stereocenters. The van der Waals surface area contributed by atoms with Gasteiger partial charge in [0, 0.05) is 19.6 Å². The Morgan fingerprint density at radius 1 is 1.29 bits per heavy atom. The molecule has 3 rings (SSSR count). The molecule has 2 aliphatic rings. The summed E-state index contributed by atoms with van der Waals surface area (Å²) in [5, 5.41) is 2.68. The summed E-state index contributed by atoms with van der Waals surface area (Å²) in [5.74, 6) is -0.393. The highest BCUT2D eigenvalue weighted by molar-refractivity contribution is 5.84. The van der Waals surface area contributed by atoms with E-state index in [9.17, 15) is 18.0 Å². The van der Waals surface area contributed by atoms with Crippen molar-refractivity contribution in [2.24, 2.45) is 0 Å². The fourth-order valence-corrected chi connectivity index (χ4v) is 3.20. The Labute approximate surface area is 138 Å². The Bertz CT molecular complexity index is 643. The number of piperazine rings is 1. The van der Waals surface area contributed by atoms with Crippen LogP contribution in [0.2, 0.25) is 0 Å². The average Bonchev–Trinajstić information content (AvgIpc) is 2.55. The number of amides is 1. The lowest BCUT2D eigenvalue weighted by molar-refractivity contribution is -0.140. The first kappa shape index (κ1) is 17.0. The first-order chi connectivity index (χ1) is 11.5. The molecule has 1 aromatic carbocycles. The highest BCUT2D eigenvalue weighted by Crippen LogP contribution is 2.37. The zero-order valence-electron chi connectivity index (χ0n) is 13.1. The standard InChI is InChI=1S/C17H19F3N2O2/c18-17(19,20)14-6-2-1-5-13(14)15-16(23)21-7-8-22(15)10-12-4-3-9-24-11-12/h1-2,4-6,15H,3,7-11H2,(H,21,23). The van der Waals surface area contributed by atoms with E-state index in [1.165, 1.54) is 18.2 Å². The van der Waals surface area contributed by atoms with Crippen LogP contribution in [0.5, 0.6) is 0 Å². The van der Waals surface area contributed by atoms with Crippen LogP contribution in [0, 0.1) is 0 Å². The number of halogens is 3. The number of carbonyl (C=O) groups excluding carboxylic acids is 1. The summed E-state index contributed by atoms with van der Waals surface area (Å²) in [6.07, 6.45) is -1.66. The first-order valence-electron chi connectivity index (χ1n) is 7.90. The van der Waals surface area contributed by atoms with Gasteiger partial charge in [0.2, 0.25) is 5.91 Å².